The Hall–Kier alpha value is -1.06. The zero-order chi connectivity index (χ0) is 10.5. The van der Waals surface area contributed by atoms with Crippen LogP contribution in [0.5, 0.6) is 0 Å². The molecule has 1 aliphatic rings. The average Bonchev–Trinajstić information content (AvgIpc) is 2.56. The largest absolute Gasteiger partial charge is 0.381 e. The Kier molecular flexibility index (Phi) is 1.84. The molecule has 2 unspecified atom stereocenters. The van der Waals surface area contributed by atoms with Crippen LogP contribution in [0.4, 0.5) is 10.2 Å². The number of nitrogens with zero attached hydrogens (tertiary/aromatic N) is 1. The van der Waals surface area contributed by atoms with Crippen LogP contribution in [0, 0.1) is 0 Å². The molecular weight excluding hydrogens is 183 g/mol. The van der Waals surface area contributed by atoms with E-state index < -0.39 is 11.6 Å². The van der Waals surface area contributed by atoms with Crippen molar-refractivity contribution in [1.82, 2.24) is 5.16 Å². The average molecular weight is 198 g/mol. The van der Waals surface area contributed by atoms with E-state index in [4.69, 9.17) is 10.3 Å². The van der Waals surface area contributed by atoms with Crippen molar-refractivity contribution >= 4 is 5.82 Å². The maximum absolute atomic E-state index is 13.2. The van der Waals surface area contributed by atoms with Crippen LogP contribution in [0.3, 0.4) is 0 Å². The van der Waals surface area contributed by atoms with E-state index in [0.717, 1.165) is 5.56 Å². The van der Waals surface area contributed by atoms with E-state index in [2.05, 4.69) is 5.16 Å². The van der Waals surface area contributed by atoms with Crippen molar-refractivity contribution < 1.29 is 8.91 Å². The summed E-state index contributed by atoms with van der Waals surface area (Å²) in [6.45, 7) is 5.86. The van der Waals surface area contributed by atoms with Crippen LogP contribution >= 0.6 is 0 Å². The Balaban J connectivity index is 2.44. The molecule has 0 aromatic carbocycles. The standard InChI is InChI=1S/C10H15FN2O/c1-5(2)7-8(14-13-9(7)12)10(3)4-6(10)11/h5-6H,4H2,1-3H3,(H2,12,13). The molecule has 0 amide bonds. The first-order chi connectivity index (χ1) is 6.47. The minimum absolute atomic E-state index is 0.223. The maximum Gasteiger partial charge on any atom is 0.170 e. The number of halogens is 1. The number of anilines is 1. The lowest BCUT2D eigenvalue weighted by Crippen LogP contribution is -2.08. The van der Waals surface area contributed by atoms with Gasteiger partial charge in [0.1, 0.15) is 6.17 Å². The van der Waals surface area contributed by atoms with Crippen LogP contribution in [0.15, 0.2) is 4.52 Å². The second-order valence-corrected chi connectivity index (χ2v) is 4.55. The number of alkyl halides is 1. The lowest BCUT2D eigenvalue weighted by Gasteiger charge is -2.09. The van der Waals surface area contributed by atoms with Crippen molar-refractivity contribution in [3.05, 3.63) is 11.3 Å². The molecule has 4 heteroatoms. The fraction of sp³-hybridized carbons (Fsp3) is 0.700. The van der Waals surface area contributed by atoms with Crippen LogP contribution in [-0.4, -0.2) is 11.3 Å². The zero-order valence-electron chi connectivity index (χ0n) is 8.67. The highest BCUT2D eigenvalue weighted by atomic mass is 19.1. The van der Waals surface area contributed by atoms with Crippen LogP contribution in [0.2, 0.25) is 0 Å². The minimum atomic E-state index is -0.813. The van der Waals surface area contributed by atoms with Gasteiger partial charge < -0.3 is 10.3 Å². The van der Waals surface area contributed by atoms with Crippen molar-refractivity contribution in [1.29, 1.82) is 0 Å². The molecule has 2 N–H and O–H groups in total. The summed E-state index contributed by atoms with van der Waals surface area (Å²) in [4.78, 5) is 0. The molecule has 2 rings (SSSR count). The quantitative estimate of drug-likeness (QED) is 0.793. The first kappa shape index (κ1) is 9.49. The Bertz CT molecular complexity index is 361. The highest BCUT2D eigenvalue weighted by Gasteiger charge is 2.57. The second kappa shape index (κ2) is 2.72. The third-order valence-electron chi connectivity index (χ3n) is 2.99. The van der Waals surface area contributed by atoms with Gasteiger partial charge in [-0.05, 0) is 19.3 Å². The van der Waals surface area contributed by atoms with Gasteiger partial charge in [-0.1, -0.05) is 19.0 Å². The van der Waals surface area contributed by atoms with Gasteiger partial charge >= 0.3 is 0 Å². The highest BCUT2D eigenvalue weighted by molar-refractivity contribution is 5.47. The van der Waals surface area contributed by atoms with E-state index in [-0.39, 0.29) is 5.92 Å². The molecule has 14 heavy (non-hydrogen) atoms. The molecule has 0 saturated heterocycles. The van der Waals surface area contributed by atoms with Crippen LogP contribution in [0.25, 0.3) is 0 Å². The third-order valence-corrected chi connectivity index (χ3v) is 2.99. The molecule has 1 heterocycles. The van der Waals surface area contributed by atoms with E-state index in [0.29, 0.717) is 18.0 Å². The number of rotatable bonds is 2. The summed E-state index contributed by atoms with van der Waals surface area (Å²) < 4.78 is 18.3. The molecule has 0 spiro atoms. The molecule has 3 nitrogen and oxygen atoms in total. The smallest absolute Gasteiger partial charge is 0.170 e. The summed E-state index contributed by atoms with van der Waals surface area (Å²) >= 11 is 0. The molecule has 1 fully saturated rings. The Morgan fingerprint density at radius 3 is 2.64 bits per heavy atom. The predicted molar refractivity (Wildman–Crippen MR) is 51.9 cm³/mol. The Labute approximate surface area is 82.5 Å². The molecule has 78 valence electrons. The molecule has 0 bridgehead atoms. The van der Waals surface area contributed by atoms with E-state index in [1.807, 2.05) is 20.8 Å². The SMILES string of the molecule is CC(C)c1c(N)noc1C1(C)CC1F. The lowest BCUT2D eigenvalue weighted by atomic mass is 9.95. The topological polar surface area (TPSA) is 52.0 Å². The van der Waals surface area contributed by atoms with Crippen molar-refractivity contribution in [2.24, 2.45) is 0 Å². The number of hydrogen-bond acceptors (Lipinski definition) is 3. The van der Waals surface area contributed by atoms with Gasteiger partial charge in [-0.15, -0.1) is 0 Å². The van der Waals surface area contributed by atoms with Gasteiger partial charge in [-0.2, -0.15) is 0 Å². The van der Waals surface area contributed by atoms with Crippen molar-refractivity contribution in [2.45, 2.75) is 44.7 Å². The Morgan fingerprint density at radius 1 is 1.64 bits per heavy atom. The van der Waals surface area contributed by atoms with Gasteiger partial charge in [0.05, 0.1) is 5.41 Å². The molecule has 0 aliphatic heterocycles. The highest BCUT2D eigenvalue weighted by Crippen LogP contribution is 2.53. The van der Waals surface area contributed by atoms with Crippen LogP contribution in [0.1, 0.15) is 44.4 Å². The summed E-state index contributed by atoms with van der Waals surface area (Å²) in [6, 6.07) is 0. The van der Waals surface area contributed by atoms with E-state index in [1.54, 1.807) is 0 Å². The number of nitrogen functional groups attached to an aromatic ring is 1. The van der Waals surface area contributed by atoms with Gasteiger partial charge in [-0.25, -0.2) is 4.39 Å². The minimum Gasteiger partial charge on any atom is -0.381 e. The normalized spacial score (nSPS) is 31.1. The van der Waals surface area contributed by atoms with Crippen LogP contribution in [-0.2, 0) is 5.41 Å². The molecular formula is C10H15FN2O. The molecule has 1 aliphatic carbocycles. The van der Waals surface area contributed by atoms with E-state index in [1.165, 1.54) is 0 Å². The van der Waals surface area contributed by atoms with Gasteiger partial charge in [0.25, 0.3) is 0 Å². The van der Waals surface area contributed by atoms with Gasteiger partial charge in [-0.3, -0.25) is 0 Å². The first-order valence-corrected chi connectivity index (χ1v) is 4.86. The van der Waals surface area contributed by atoms with Crippen molar-refractivity contribution in [3.63, 3.8) is 0 Å². The van der Waals surface area contributed by atoms with E-state index >= 15 is 0 Å². The van der Waals surface area contributed by atoms with Gasteiger partial charge in [0.2, 0.25) is 0 Å². The monoisotopic (exact) mass is 198 g/mol. The molecule has 0 radical (unpaired) electrons. The predicted octanol–water partition coefficient (Wildman–Crippen LogP) is 2.38. The van der Waals surface area contributed by atoms with Crippen molar-refractivity contribution in [2.75, 3.05) is 5.73 Å². The third kappa shape index (κ3) is 1.13. The summed E-state index contributed by atoms with van der Waals surface area (Å²) in [6.07, 6.45) is -0.297. The summed E-state index contributed by atoms with van der Waals surface area (Å²) in [5.41, 5.74) is 6.07. The summed E-state index contributed by atoms with van der Waals surface area (Å²) in [7, 11) is 0. The molecule has 1 aromatic rings. The molecule has 1 aromatic heterocycles. The van der Waals surface area contributed by atoms with Crippen LogP contribution < -0.4 is 5.73 Å². The fourth-order valence-corrected chi connectivity index (χ4v) is 1.83. The molecule has 1 saturated carbocycles. The second-order valence-electron chi connectivity index (χ2n) is 4.55. The van der Waals surface area contributed by atoms with Crippen molar-refractivity contribution in [3.8, 4) is 0 Å². The number of aromatic nitrogens is 1. The fourth-order valence-electron chi connectivity index (χ4n) is 1.83. The summed E-state index contributed by atoms with van der Waals surface area (Å²) in [5.74, 6) is 1.26. The first-order valence-electron chi connectivity index (χ1n) is 4.86. The lowest BCUT2D eigenvalue weighted by molar-refractivity contribution is 0.330. The molecule has 2 atom stereocenters. The zero-order valence-corrected chi connectivity index (χ0v) is 8.67. The van der Waals surface area contributed by atoms with Gasteiger partial charge in [0.15, 0.2) is 11.6 Å². The number of hydrogen-bond donors (Lipinski definition) is 1. The van der Waals surface area contributed by atoms with E-state index in [9.17, 15) is 4.39 Å². The van der Waals surface area contributed by atoms with Gasteiger partial charge in [0, 0.05) is 5.56 Å². The summed E-state index contributed by atoms with van der Waals surface area (Å²) in [5, 5.41) is 3.71. The maximum atomic E-state index is 13.2. The number of nitrogens with two attached hydrogens (primary N) is 1. The Morgan fingerprint density at radius 2 is 2.21 bits per heavy atom.